The molecule has 1 aromatic carbocycles. The fraction of sp³-hybridized carbons (Fsp3) is 0.357. The van der Waals surface area contributed by atoms with Gasteiger partial charge < -0.3 is 14.2 Å². The number of rotatable bonds is 8. The van der Waals surface area contributed by atoms with Crippen LogP contribution in [-0.4, -0.2) is 25.1 Å². The zero-order chi connectivity index (χ0) is 15.8. The number of benzene rings is 1. The van der Waals surface area contributed by atoms with Gasteiger partial charge in [0.15, 0.2) is 11.5 Å². The third-order valence-corrected chi connectivity index (χ3v) is 2.72. The smallest absolute Gasteiger partial charge is 0.306 e. The lowest BCUT2D eigenvalue weighted by atomic mass is 10.1. The van der Waals surface area contributed by atoms with Gasteiger partial charge >= 0.3 is 5.97 Å². The first-order valence-electron chi connectivity index (χ1n) is 6.19. The first-order chi connectivity index (χ1) is 10.0. The first kappa shape index (κ1) is 16.5. The molecule has 0 saturated heterocycles. The van der Waals surface area contributed by atoms with Crippen molar-refractivity contribution in [3.63, 3.8) is 0 Å². The molecule has 0 bridgehead atoms. The number of carbonyl (C=O) groups is 1. The molecule has 0 aliphatic rings. The lowest BCUT2D eigenvalue weighted by Gasteiger charge is -2.11. The van der Waals surface area contributed by atoms with Crippen LogP contribution < -0.4 is 9.47 Å². The Kier molecular flexibility index (Phi) is 6.19. The van der Waals surface area contributed by atoms with E-state index in [1.165, 1.54) is 26.4 Å². The van der Waals surface area contributed by atoms with Crippen LogP contribution in [0.4, 0.5) is 5.69 Å². The largest absolute Gasteiger partial charge is 0.493 e. The van der Waals surface area contributed by atoms with Gasteiger partial charge in [-0.05, 0) is 12.5 Å². The Balaban J connectivity index is 2.96. The quantitative estimate of drug-likeness (QED) is 0.317. The molecular formula is C14H17NO6. The van der Waals surface area contributed by atoms with E-state index in [9.17, 15) is 14.9 Å². The van der Waals surface area contributed by atoms with E-state index in [4.69, 9.17) is 14.2 Å². The molecule has 0 aliphatic carbocycles. The second-order valence-corrected chi connectivity index (χ2v) is 4.08. The van der Waals surface area contributed by atoms with Gasteiger partial charge in [-0.25, -0.2) is 0 Å². The molecule has 0 aliphatic heterocycles. The molecule has 0 N–H and O–H groups in total. The number of esters is 1. The van der Waals surface area contributed by atoms with E-state index >= 15 is 0 Å². The van der Waals surface area contributed by atoms with Gasteiger partial charge in [0.1, 0.15) is 6.61 Å². The van der Waals surface area contributed by atoms with Crippen molar-refractivity contribution in [2.24, 2.45) is 0 Å². The van der Waals surface area contributed by atoms with Gasteiger partial charge in [-0.2, -0.15) is 0 Å². The van der Waals surface area contributed by atoms with Gasteiger partial charge in [-0.1, -0.05) is 6.08 Å². The number of nitro groups is 1. The van der Waals surface area contributed by atoms with Crippen LogP contribution >= 0.6 is 0 Å². The van der Waals surface area contributed by atoms with Crippen LogP contribution in [0.5, 0.6) is 11.5 Å². The van der Waals surface area contributed by atoms with Crippen LogP contribution in [0, 0.1) is 10.1 Å². The molecule has 0 fully saturated rings. The first-order valence-corrected chi connectivity index (χ1v) is 6.19. The van der Waals surface area contributed by atoms with Crippen LogP contribution in [0.1, 0.15) is 18.4 Å². The summed E-state index contributed by atoms with van der Waals surface area (Å²) in [6, 6.07) is 2.67. The Morgan fingerprint density at radius 2 is 1.95 bits per heavy atom. The van der Waals surface area contributed by atoms with Crippen molar-refractivity contribution >= 4 is 11.7 Å². The highest BCUT2D eigenvalue weighted by atomic mass is 16.6. The molecule has 21 heavy (non-hydrogen) atoms. The molecule has 0 unspecified atom stereocenters. The maximum absolute atomic E-state index is 11.4. The van der Waals surface area contributed by atoms with Crippen LogP contribution in [-0.2, 0) is 16.1 Å². The van der Waals surface area contributed by atoms with Crippen molar-refractivity contribution in [2.75, 3.05) is 14.2 Å². The van der Waals surface area contributed by atoms with E-state index in [1.807, 2.05) is 0 Å². The van der Waals surface area contributed by atoms with Crippen molar-refractivity contribution in [2.45, 2.75) is 19.4 Å². The number of methoxy groups -OCH3 is 2. The van der Waals surface area contributed by atoms with E-state index in [0.717, 1.165) is 0 Å². The van der Waals surface area contributed by atoms with E-state index in [1.54, 1.807) is 6.08 Å². The van der Waals surface area contributed by atoms with Crippen LogP contribution in [0.3, 0.4) is 0 Å². The summed E-state index contributed by atoms with van der Waals surface area (Å²) in [6.07, 6.45) is 2.28. The molecule has 0 radical (unpaired) electrons. The predicted octanol–water partition coefficient (Wildman–Crippen LogP) is 2.62. The monoisotopic (exact) mass is 295 g/mol. The number of hydrogen-bond donors (Lipinski definition) is 0. The Labute approximate surface area is 122 Å². The Bertz CT molecular complexity index is 541. The molecular weight excluding hydrogens is 278 g/mol. The second kappa shape index (κ2) is 7.88. The number of allylic oxidation sites excluding steroid dienone is 1. The van der Waals surface area contributed by atoms with Gasteiger partial charge in [0, 0.05) is 6.42 Å². The highest BCUT2D eigenvalue weighted by Crippen LogP contribution is 2.34. The predicted molar refractivity (Wildman–Crippen MR) is 75.4 cm³/mol. The normalized spacial score (nSPS) is 9.81. The SMILES string of the molecule is C=CCCC(=O)OCc1cc(OC)c(OC)cc1[N+](=O)[O-]. The lowest BCUT2D eigenvalue weighted by molar-refractivity contribution is -0.385. The molecule has 0 spiro atoms. The van der Waals surface area contributed by atoms with Gasteiger partial charge in [-0.15, -0.1) is 6.58 Å². The van der Waals surface area contributed by atoms with Crippen molar-refractivity contribution < 1.29 is 23.9 Å². The zero-order valence-corrected chi connectivity index (χ0v) is 12.0. The summed E-state index contributed by atoms with van der Waals surface area (Å²) >= 11 is 0. The van der Waals surface area contributed by atoms with E-state index in [2.05, 4.69) is 6.58 Å². The zero-order valence-electron chi connectivity index (χ0n) is 12.0. The van der Waals surface area contributed by atoms with Gasteiger partial charge in [-0.3, -0.25) is 14.9 Å². The highest BCUT2D eigenvalue weighted by Gasteiger charge is 2.20. The fourth-order valence-electron chi connectivity index (χ4n) is 1.65. The molecule has 7 nitrogen and oxygen atoms in total. The van der Waals surface area contributed by atoms with Gasteiger partial charge in [0.2, 0.25) is 0 Å². The summed E-state index contributed by atoms with van der Waals surface area (Å²) in [5.41, 5.74) is 0.0498. The topological polar surface area (TPSA) is 87.9 Å². The second-order valence-electron chi connectivity index (χ2n) is 4.08. The van der Waals surface area contributed by atoms with Crippen LogP contribution in [0.25, 0.3) is 0 Å². The summed E-state index contributed by atoms with van der Waals surface area (Å²) in [5, 5.41) is 11.1. The molecule has 0 heterocycles. The van der Waals surface area contributed by atoms with Gasteiger partial charge in [0.25, 0.3) is 5.69 Å². The molecule has 1 aromatic rings. The minimum atomic E-state index is -0.561. The molecule has 7 heteroatoms. The number of carbonyl (C=O) groups excluding carboxylic acids is 1. The summed E-state index contributed by atoms with van der Waals surface area (Å²) < 4.78 is 15.1. The Morgan fingerprint density at radius 1 is 1.33 bits per heavy atom. The van der Waals surface area contributed by atoms with E-state index < -0.39 is 10.9 Å². The summed E-state index contributed by atoms with van der Waals surface area (Å²) in [7, 11) is 2.81. The van der Waals surface area contributed by atoms with E-state index in [0.29, 0.717) is 12.2 Å². The number of nitro benzene ring substituents is 1. The lowest BCUT2D eigenvalue weighted by Crippen LogP contribution is -2.06. The number of nitrogens with zero attached hydrogens (tertiary/aromatic N) is 1. The van der Waals surface area contributed by atoms with Crippen LogP contribution in [0.2, 0.25) is 0 Å². The number of ether oxygens (including phenoxy) is 3. The van der Waals surface area contributed by atoms with Crippen molar-refractivity contribution in [3.05, 3.63) is 40.5 Å². The van der Waals surface area contributed by atoms with Crippen molar-refractivity contribution in [1.82, 2.24) is 0 Å². The summed E-state index contributed by atoms with van der Waals surface area (Å²) in [5.74, 6) is 0.130. The Morgan fingerprint density at radius 3 is 2.48 bits per heavy atom. The van der Waals surface area contributed by atoms with Crippen LogP contribution in [0.15, 0.2) is 24.8 Å². The number of hydrogen-bond acceptors (Lipinski definition) is 6. The standard InChI is InChI=1S/C14H17NO6/c1-4-5-6-14(16)21-9-10-7-12(19-2)13(20-3)8-11(10)15(17)18/h4,7-8H,1,5-6,9H2,2-3H3. The minimum Gasteiger partial charge on any atom is -0.493 e. The molecule has 0 amide bonds. The minimum absolute atomic E-state index is 0.185. The fourth-order valence-corrected chi connectivity index (χ4v) is 1.65. The molecule has 1 rings (SSSR count). The van der Waals surface area contributed by atoms with Crippen molar-refractivity contribution in [1.29, 1.82) is 0 Å². The summed E-state index contributed by atoms with van der Waals surface area (Å²) in [4.78, 5) is 21.9. The summed E-state index contributed by atoms with van der Waals surface area (Å²) in [6.45, 7) is 3.30. The molecule has 114 valence electrons. The maximum Gasteiger partial charge on any atom is 0.306 e. The van der Waals surface area contributed by atoms with E-state index in [-0.39, 0.29) is 30.0 Å². The molecule has 0 atom stereocenters. The average molecular weight is 295 g/mol. The van der Waals surface area contributed by atoms with Crippen molar-refractivity contribution in [3.8, 4) is 11.5 Å². The Hall–Kier alpha value is -2.57. The molecule has 0 saturated carbocycles. The molecule has 0 aromatic heterocycles. The average Bonchev–Trinajstić information content (AvgIpc) is 2.49. The van der Waals surface area contributed by atoms with Gasteiger partial charge in [0.05, 0.1) is 30.8 Å². The maximum atomic E-state index is 11.4. The highest BCUT2D eigenvalue weighted by molar-refractivity contribution is 5.69. The third-order valence-electron chi connectivity index (χ3n) is 2.72. The third kappa shape index (κ3) is 4.48.